The number of nitrogens with zero attached hydrogens (tertiary/aromatic N) is 4. The monoisotopic (exact) mass is 443 g/mol. The van der Waals surface area contributed by atoms with E-state index in [0.29, 0.717) is 43.3 Å². The minimum Gasteiger partial charge on any atom is -0.339 e. The Morgan fingerprint density at radius 2 is 1.85 bits per heavy atom. The number of aromatic nitrogens is 4. The first-order chi connectivity index (χ1) is 16.0. The number of hydrogen-bond acceptors (Lipinski definition) is 5. The Labute approximate surface area is 193 Å². The molecule has 0 spiro atoms. The van der Waals surface area contributed by atoms with Gasteiger partial charge < -0.3 is 9.84 Å². The molecule has 0 atom stereocenters. The molecule has 2 aromatic carbocycles. The zero-order chi connectivity index (χ0) is 23.2. The first kappa shape index (κ1) is 22.5. The highest BCUT2D eigenvalue weighted by atomic mass is 16.5. The summed E-state index contributed by atoms with van der Waals surface area (Å²) in [5.74, 6) is 2.11. The fourth-order valence-corrected chi connectivity index (χ4v) is 3.60. The fraction of sp³-hybridized carbons (Fsp3) is 0.308. The van der Waals surface area contributed by atoms with Crippen LogP contribution >= 0.6 is 0 Å². The van der Waals surface area contributed by atoms with Gasteiger partial charge in [-0.3, -0.25) is 4.79 Å². The first-order valence-corrected chi connectivity index (χ1v) is 11.3. The third-order valence-electron chi connectivity index (χ3n) is 5.44. The summed E-state index contributed by atoms with van der Waals surface area (Å²) in [6.45, 7) is 6.67. The van der Waals surface area contributed by atoms with Crippen LogP contribution in [0.1, 0.15) is 55.4 Å². The van der Waals surface area contributed by atoms with Crippen molar-refractivity contribution in [1.29, 1.82) is 0 Å². The summed E-state index contributed by atoms with van der Waals surface area (Å²) in [6.07, 6.45) is 1.56. The van der Waals surface area contributed by atoms with E-state index in [-0.39, 0.29) is 11.8 Å². The van der Waals surface area contributed by atoms with E-state index in [1.807, 2.05) is 61.0 Å². The van der Waals surface area contributed by atoms with Gasteiger partial charge in [-0.15, -0.1) is 0 Å². The lowest BCUT2D eigenvalue weighted by Crippen LogP contribution is -2.16. The number of amides is 1. The van der Waals surface area contributed by atoms with E-state index in [2.05, 4.69) is 40.6 Å². The number of hydrogen-bond donors (Lipinski definition) is 1. The predicted octanol–water partition coefficient (Wildman–Crippen LogP) is 5.37. The largest absolute Gasteiger partial charge is 0.339 e. The Morgan fingerprint density at radius 3 is 2.58 bits per heavy atom. The van der Waals surface area contributed by atoms with Gasteiger partial charge in [-0.05, 0) is 24.5 Å². The van der Waals surface area contributed by atoms with Gasteiger partial charge in [0.1, 0.15) is 5.82 Å². The zero-order valence-electron chi connectivity index (χ0n) is 19.3. The molecule has 0 aliphatic carbocycles. The topological polar surface area (TPSA) is 85.8 Å². The van der Waals surface area contributed by atoms with E-state index in [0.717, 1.165) is 22.4 Å². The van der Waals surface area contributed by atoms with Crippen LogP contribution in [0.5, 0.6) is 0 Å². The summed E-state index contributed by atoms with van der Waals surface area (Å²) in [7, 11) is 0. The number of rotatable bonds is 9. The molecule has 0 aliphatic rings. The molecule has 33 heavy (non-hydrogen) atoms. The van der Waals surface area contributed by atoms with Crippen molar-refractivity contribution in [3.63, 3.8) is 0 Å². The molecule has 7 heteroatoms. The van der Waals surface area contributed by atoms with Gasteiger partial charge in [-0.25, -0.2) is 4.68 Å². The Hall–Kier alpha value is -3.74. The second-order valence-electron chi connectivity index (χ2n) is 8.48. The molecular formula is C26H29N5O2. The summed E-state index contributed by atoms with van der Waals surface area (Å²) in [5.41, 5.74) is 4.15. The average molecular weight is 444 g/mol. The molecule has 170 valence electrons. The van der Waals surface area contributed by atoms with Crippen LogP contribution in [-0.2, 0) is 17.8 Å². The number of carbonyl (C=O) groups excluding carboxylic acids is 1. The van der Waals surface area contributed by atoms with Crippen LogP contribution < -0.4 is 5.32 Å². The van der Waals surface area contributed by atoms with Crippen LogP contribution in [0.2, 0.25) is 0 Å². The van der Waals surface area contributed by atoms with Crippen LogP contribution in [0.4, 0.5) is 5.82 Å². The minimum atomic E-state index is -0.0656. The fourth-order valence-electron chi connectivity index (χ4n) is 3.60. The molecular weight excluding hydrogens is 414 g/mol. The molecule has 0 saturated heterocycles. The van der Waals surface area contributed by atoms with Crippen molar-refractivity contribution in [1.82, 2.24) is 19.9 Å². The number of aryl methyl sites for hydroxylation is 2. The van der Waals surface area contributed by atoms with Crippen LogP contribution in [0, 0.1) is 6.92 Å². The van der Waals surface area contributed by atoms with Crippen LogP contribution in [0.3, 0.4) is 0 Å². The van der Waals surface area contributed by atoms with Gasteiger partial charge in [0.25, 0.3) is 0 Å². The molecule has 1 amide bonds. The Kier molecular flexibility index (Phi) is 6.98. The normalized spacial score (nSPS) is 11.2. The quantitative estimate of drug-likeness (QED) is 0.376. The lowest BCUT2D eigenvalue weighted by Gasteiger charge is -2.09. The molecule has 0 bridgehead atoms. The Balaban J connectivity index is 1.46. The maximum Gasteiger partial charge on any atom is 0.226 e. The van der Waals surface area contributed by atoms with Crippen LogP contribution in [0.15, 0.2) is 65.2 Å². The first-order valence-electron chi connectivity index (χ1n) is 11.3. The molecule has 1 N–H and O–H groups in total. The summed E-state index contributed by atoms with van der Waals surface area (Å²) < 4.78 is 7.12. The molecule has 0 saturated carbocycles. The third kappa shape index (κ3) is 5.74. The second-order valence-corrected chi connectivity index (χ2v) is 8.48. The lowest BCUT2D eigenvalue weighted by molar-refractivity contribution is -0.116. The molecule has 4 rings (SSSR count). The summed E-state index contributed by atoms with van der Waals surface area (Å²) in [4.78, 5) is 17.1. The van der Waals surface area contributed by atoms with Crippen molar-refractivity contribution < 1.29 is 9.32 Å². The van der Waals surface area contributed by atoms with Gasteiger partial charge in [0.15, 0.2) is 5.82 Å². The number of benzene rings is 2. The molecule has 0 fully saturated rings. The van der Waals surface area contributed by atoms with Crippen molar-refractivity contribution in [3.8, 4) is 11.3 Å². The van der Waals surface area contributed by atoms with Crippen molar-refractivity contribution in [2.45, 2.75) is 52.5 Å². The average Bonchev–Trinajstić information content (AvgIpc) is 3.42. The van der Waals surface area contributed by atoms with E-state index in [1.54, 1.807) is 0 Å². The molecule has 2 aromatic heterocycles. The second kappa shape index (κ2) is 10.3. The standard InChI is InChI=1S/C26H29N5O2/c1-18(2)26-28-25(33-30-26)15-9-14-24(32)27-23-16-22(21-13-8-7-10-19(21)3)29-31(23)17-20-11-5-4-6-12-20/h4-8,10-13,16,18H,9,14-15,17H2,1-3H3,(H,27,32). The van der Waals surface area contributed by atoms with Crippen molar-refractivity contribution in [2.75, 3.05) is 5.32 Å². The van der Waals surface area contributed by atoms with Gasteiger partial charge in [-0.1, -0.05) is 73.6 Å². The van der Waals surface area contributed by atoms with E-state index in [4.69, 9.17) is 9.62 Å². The van der Waals surface area contributed by atoms with Gasteiger partial charge in [0.05, 0.1) is 12.2 Å². The molecule has 0 unspecified atom stereocenters. The van der Waals surface area contributed by atoms with E-state index >= 15 is 0 Å². The lowest BCUT2D eigenvalue weighted by atomic mass is 10.1. The molecule has 0 radical (unpaired) electrons. The molecule has 0 aliphatic heterocycles. The van der Waals surface area contributed by atoms with E-state index in [1.165, 1.54) is 0 Å². The SMILES string of the molecule is Cc1ccccc1-c1cc(NC(=O)CCCc2nc(C(C)C)no2)n(Cc2ccccc2)n1. The van der Waals surface area contributed by atoms with E-state index in [9.17, 15) is 4.79 Å². The predicted molar refractivity (Wildman–Crippen MR) is 128 cm³/mol. The minimum absolute atomic E-state index is 0.0656. The highest BCUT2D eigenvalue weighted by molar-refractivity contribution is 5.90. The molecule has 2 heterocycles. The van der Waals surface area contributed by atoms with Crippen molar-refractivity contribution >= 4 is 11.7 Å². The number of carbonyl (C=O) groups is 1. The van der Waals surface area contributed by atoms with Gasteiger partial charge >= 0.3 is 0 Å². The smallest absolute Gasteiger partial charge is 0.226 e. The molecule has 7 nitrogen and oxygen atoms in total. The number of nitrogens with one attached hydrogen (secondary N) is 1. The van der Waals surface area contributed by atoms with Crippen molar-refractivity contribution in [2.24, 2.45) is 0 Å². The third-order valence-corrected chi connectivity index (χ3v) is 5.44. The maximum atomic E-state index is 12.7. The van der Waals surface area contributed by atoms with Gasteiger partial charge in [-0.2, -0.15) is 10.1 Å². The summed E-state index contributed by atoms with van der Waals surface area (Å²) >= 11 is 0. The van der Waals surface area contributed by atoms with E-state index < -0.39 is 0 Å². The highest BCUT2D eigenvalue weighted by Gasteiger charge is 2.15. The van der Waals surface area contributed by atoms with Gasteiger partial charge in [0.2, 0.25) is 11.8 Å². The van der Waals surface area contributed by atoms with Crippen LogP contribution in [-0.4, -0.2) is 25.8 Å². The zero-order valence-corrected chi connectivity index (χ0v) is 19.3. The van der Waals surface area contributed by atoms with Crippen LogP contribution in [0.25, 0.3) is 11.3 Å². The van der Waals surface area contributed by atoms with Gasteiger partial charge in [0, 0.05) is 30.4 Å². The van der Waals surface area contributed by atoms with Crippen molar-refractivity contribution in [3.05, 3.63) is 83.5 Å². The molecule has 4 aromatic rings. The Morgan fingerprint density at radius 1 is 1.09 bits per heavy atom. The summed E-state index contributed by atoms with van der Waals surface area (Å²) in [5, 5.41) is 11.8. The number of anilines is 1. The summed E-state index contributed by atoms with van der Waals surface area (Å²) in [6, 6.07) is 20.2. The highest BCUT2D eigenvalue weighted by Crippen LogP contribution is 2.26. The maximum absolute atomic E-state index is 12.7. The Bertz CT molecular complexity index is 1210.